The molecular formula is C16H19N3O2. The molecule has 2 atom stereocenters. The number of carbonyl (C=O) groups excluding carboxylic acids is 1. The Morgan fingerprint density at radius 1 is 1.43 bits per heavy atom. The summed E-state index contributed by atoms with van der Waals surface area (Å²) in [6.07, 6.45) is 3.23. The molecule has 21 heavy (non-hydrogen) atoms. The highest BCUT2D eigenvalue weighted by atomic mass is 16.5. The van der Waals surface area contributed by atoms with E-state index >= 15 is 0 Å². The number of hydrogen-bond donors (Lipinski definition) is 2. The number of hydrogen-bond acceptors (Lipinski definition) is 3. The van der Waals surface area contributed by atoms with Crippen LogP contribution in [0.15, 0.2) is 36.5 Å². The zero-order valence-corrected chi connectivity index (χ0v) is 12.0. The maximum Gasteiger partial charge on any atom is 0.249 e. The number of rotatable bonds is 4. The Kier molecular flexibility index (Phi) is 4.01. The van der Waals surface area contributed by atoms with Gasteiger partial charge in [0.15, 0.2) is 0 Å². The van der Waals surface area contributed by atoms with E-state index < -0.39 is 0 Å². The van der Waals surface area contributed by atoms with Crippen molar-refractivity contribution in [3.05, 3.63) is 42.4 Å². The first-order valence-corrected chi connectivity index (χ1v) is 7.26. The van der Waals surface area contributed by atoms with Gasteiger partial charge in [0, 0.05) is 6.61 Å². The zero-order valence-electron chi connectivity index (χ0n) is 12.0. The summed E-state index contributed by atoms with van der Waals surface area (Å²) in [5, 5.41) is 2.95. The number of benzene rings is 1. The molecule has 2 heterocycles. The van der Waals surface area contributed by atoms with Crippen LogP contribution in [0.25, 0.3) is 11.3 Å². The highest BCUT2D eigenvalue weighted by Gasteiger charge is 2.25. The molecule has 0 bridgehead atoms. The van der Waals surface area contributed by atoms with Gasteiger partial charge in [0.25, 0.3) is 0 Å². The Bertz CT molecular complexity index is 603. The number of carbonyl (C=O) groups is 1. The van der Waals surface area contributed by atoms with E-state index in [4.69, 9.17) is 4.74 Å². The average Bonchev–Trinajstić information content (AvgIpc) is 3.20. The van der Waals surface area contributed by atoms with Gasteiger partial charge in [-0.05, 0) is 25.3 Å². The summed E-state index contributed by atoms with van der Waals surface area (Å²) in [4.78, 5) is 19.6. The molecule has 1 saturated heterocycles. The van der Waals surface area contributed by atoms with Crippen LogP contribution < -0.4 is 5.32 Å². The predicted molar refractivity (Wildman–Crippen MR) is 79.6 cm³/mol. The van der Waals surface area contributed by atoms with Crippen molar-refractivity contribution in [2.45, 2.75) is 31.9 Å². The van der Waals surface area contributed by atoms with Crippen LogP contribution in [0.1, 0.15) is 31.6 Å². The molecule has 3 rings (SSSR count). The summed E-state index contributed by atoms with van der Waals surface area (Å²) in [7, 11) is 0. The first kappa shape index (κ1) is 13.8. The van der Waals surface area contributed by atoms with Gasteiger partial charge < -0.3 is 15.0 Å². The molecule has 2 aromatic rings. The Labute approximate surface area is 123 Å². The molecule has 1 fully saturated rings. The van der Waals surface area contributed by atoms with Crippen molar-refractivity contribution in [1.82, 2.24) is 15.3 Å². The lowest BCUT2D eigenvalue weighted by Gasteiger charge is -2.15. The molecule has 0 unspecified atom stereocenters. The first-order chi connectivity index (χ1) is 10.2. The van der Waals surface area contributed by atoms with Crippen molar-refractivity contribution in [1.29, 1.82) is 0 Å². The fraction of sp³-hybridized carbons (Fsp3) is 0.375. The number of nitrogens with zero attached hydrogens (tertiary/aromatic N) is 1. The quantitative estimate of drug-likeness (QED) is 0.906. The van der Waals surface area contributed by atoms with Crippen molar-refractivity contribution < 1.29 is 9.53 Å². The van der Waals surface area contributed by atoms with Gasteiger partial charge in [-0.2, -0.15) is 0 Å². The van der Waals surface area contributed by atoms with E-state index in [1.807, 2.05) is 37.3 Å². The van der Waals surface area contributed by atoms with Gasteiger partial charge in [-0.1, -0.05) is 30.3 Å². The van der Waals surface area contributed by atoms with Gasteiger partial charge in [0.2, 0.25) is 5.91 Å². The molecule has 2 N–H and O–H groups in total. The van der Waals surface area contributed by atoms with Gasteiger partial charge in [-0.3, -0.25) is 4.79 Å². The monoisotopic (exact) mass is 285 g/mol. The fourth-order valence-corrected chi connectivity index (χ4v) is 2.48. The van der Waals surface area contributed by atoms with Crippen LogP contribution in [0.4, 0.5) is 0 Å². The minimum Gasteiger partial charge on any atom is -0.368 e. The van der Waals surface area contributed by atoms with Crippen LogP contribution in [0.5, 0.6) is 0 Å². The lowest BCUT2D eigenvalue weighted by molar-refractivity contribution is -0.130. The van der Waals surface area contributed by atoms with E-state index in [0.29, 0.717) is 6.61 Å². The van der Waals surface area contributed by atoms with E-state index in [1.54, 1.807) is 6.20 Å². The van der Waals surface area contributed by atoms with Gasteiger partial charge >= 0.3 is 0 Å². The summed E-state index contributed by atoms with van der Waals surface area (Å²) in [6, 6.07) is 9.82. The summed E-state index contributed by atoms with van der Waals surface area (Å²) in [5.41, 5.74) is 2.03. The molecule has 0 radical (unpaired) electrons. The molecule has 1 aromatic carbocycles. The number of aromatic amines is 1. The molecule has 5 heteroatoms. The molecule has 1 aromatic heterocycles. The minimum absolute atomic E-state index is 0.0577. The fourth-order valence-electron chi connectivity index (χ4n) is 2.48. The number of H-pyrrole nitrogens is 1. The van der Waals surface area contributed by atoms with Crippen molar-refractivity contribution in [2.75, 3.05) is 6.61 Å². The Hall–Kier alpha value is -2.14. The van der Waals surface area contributed by atoms with Crippen LogP contribution in [0.2, 0.25) is 0 Å². The molecule has 1 aliphatic heterocycles. The molecule has 1 aliphatic rings. The lowest BCUT2D eigenvalue weighted by atomic mass is 10.2. The minimum atomic E-state index is -0.309. The largest absolute Gasteiger partial charge is 0.368 e. The summed E-state index contributed by atoms with van der Waals surface area (Å²) >= 11 is 0. The van der Waals surface area contributed by atoms with Crippen LogP contribution in [0.3, 0.4) is 0 Å². The van der Waals surface area contributed by atoms with Gasteiger partial charge in [0.05, 0.1) is 17.9 Å². The molecule has 0 spiro atoms. The normalized spacial score (nSPS) is 19.4. The van der Waals surface area contributed by atoms with Crippen LogP contribution >= 0.6 is 0 Å². The van der Waals surface area contributed by atoms with Gasteiger partial charge in [-0.25, -0.2) is 4.98 Å². The van der Waals surface area contributed by atoms with E-state index in [2.05, 4.69) is 15.3 Å². The van der Waals surface area contributed by atoms with Crippen LogP contribution in [-0.4, -0.2) is 28.6 Å². The number of amides is 1. The SMILES string of the molecule is C[C@@H](NC(=O)[C@H]1CCCO1)c1ncc(-c2ccccc2)[nH]1. The first-order valence-electron chi connectivity index (χ1n) is 7.26. The second kappa shape index (κ2) is 6.10. The predicted octanol–water partition coefficient (Wildman–Crippen LogP) is 2.43. The molecule has 1 amide bonds. The van der Waals surface area contributed by atoms with Crippen LogP contribution in [0, 0.1) is 0 Å². The van der Waals surface area contributed by atoms with E-state index in [1.165, 1.54) is 0 Å². The standard InChI is InChI=1S/C16H19N3O2/c1-11(18-16(20)14-8-5-9-21-14)15-17-10-13(19-15)12-6-3-2-4-7-12/h2-4,6-7,10-11,14H,5,8-9H2,1H3,(H,17,19)(H,18,20)/t11-,14-/m1/s1. The third-order valence-electron chi connectivity index (χ3n) is 3.67. The summed E-state index contributed by atoms with van der Waals surface area (Å²) < 4.78 is 5.38. The van der Waals surface area contributed by atoms with E-state index in [-0.39, 0.29) is 18.1 Å². The van der Waals surface area contributed by atoms with E-state index in [0.717, 1.165) is 29.9 Å². The third kappa shape index (κ3) is 3.13. The summed E-state index contributed by atoms with van der Waals surface area (Å²) in [5.74, 6) is 0.692. The van der Waals surface area contributed by atoms with E-state index in [9.17, 15) is 4.79 Å². The van der Waals surface area contributed by atoms with Gasteiger partial charge in [0.1, 0.15) is 11.9 Å². The zero-order chi connectivity index (χ0) is 14.7. The second-order valence-electron chi connectivity index (χ2n) is 5.28. The van der Waals surface area contributed by atoms with Crippen molar-refractivity contribution in [3.63, 3.8) is 0 Å². The second-order valence-corrected chi connectivity index (χ2v) is 5.28. The molecule has 5 nitrogen and oxygen atoms in total. The maximum absolute atomic E-state index is 12.0. The average molecular weight is 285 g/mol. The summed E-state index contributed by atoms with van der Waals surface area (Å²) in [6.45, 7) is 2.59. The number of aromatic nitrogens is 2. The highest BCUT2D eigenvalue weighted by molar-refractivity contribution is 5.81. The molecule has 110 valence electrons. The number of nitrogens with one attached hydrogen (secondary N) is 2. The van der Waals surface area contributed by atoms with Crippen molar-refractivity contribution in [2.24, 2.45) is 0 Å². The third-order valence-corrected chi connectivity index (χ3v) is 3.67. The Morgan fingerprint density at radius 2 is 2.24 bits per heavy atom. The number of ether oxygens (including phenoxy) is 1. The van der Waals surface area contributed by atoms with Crippen LogP contribution in [-0.2, 0) is 9.53 Å². The topological polar surface area (TPSA) is 67.0 Å². The van der Waals surface area contributed by atoms with Crippen molar-refractivity contribution in [3.8, 4) is 11.3 Å². The Balaban J connectivity index is 1.66. The molecular weight excluding hydrogens is 266 g/mol. The smallest absolute Gasteiger partial charge is 0.249 e. The van der Waals surface area contributed by atoms with Gasteiger partial charge in [-0.15, -0.1) is 0 Å². The highest BCUT2D eigenvalue weighted by Crippen LogP contribution is 2.19. The van der Waals surface area contributed by atoms with Crippen molar-refractivity contribution >= 4 is 5.91 Å². The maximum atomic E-state index is 12.0. The Morgan fingerprint density at radius 3 is 2.95 bits per heavy atom. The molecule has 0 aliphatic carbocycles. The molecule has 0 saturated carbocycles. The lowest BCUT2D eigenvalue weighted by Crippen LogP contribution is -2.36. The number of imidazole rings is 1.